The first-order chi connectivity index (χ1) is 7.91. The quantitative estimate of drug-likeness (QED) is 0.744. The standard InChI is InChI=1S/C13H16F2OS/c1-8(2)7-17-9(3)13(16)10-4-5-11(14)12(15)6-10/h4-6,8-9H,7H2,1-3H3. The monoisotopic (exact) mass is 258 g/mol. The fraction of sp³-hybridized carbons (Fsp3) is 0.462. The maximum Gasteiger partial charge on any atom is 0.175 e. The number of Topliss-reactive ketones (excluding diaryl/α,β-unsaturated/α-hetero) is 1. The van der Waals surface area contributed by atoms with Crippen molar-refractivity contribution in [1.82, 2.24) is 0 Å². The molecule has 0 spiro atoms. The van der Waals surface area contributed by atoms with Gasteiger partial charge in [0, 0.05) is 5.56 Å². The summed E-state index contributed by atoms with van der Waals surface area (Å²) >= 11 is 1.53. The molecule has 0 amide bonds. The predicted octanol–water partition coefficient (Wildman–Crippen LogP) is 3.93. The molecule has 0 bridgehead atoms. The SMILES string of the molecule is CC(C)CSC(C)C(=O)c1ccc(F)c(F)c1. The highest BCUT2D eigenvalue weighted by atomic mass is 32.2. The van der Waals surface area contributed by atoms with Crippen LogP contribution in [0.15, 0.2) is 18.2 Å². The largest absolute Gasteiger partial charge is 0.293 e. The number of hydrogen-bond acceptors (Lipinski definition) is 2. The minimum atomic E-state index is -0.975. The lowest BCUT2D eigenvalue weighted by atomic mass is 10.1. The van der Waals surface area contributed by atoms with E-state index in [9.17, 15) is 13.6 Å². The molecule has 0 saturated carbocycles. The van der Waals surface area contributed by atoms with Gasteiger partial charge in [-0.25, -0.2) is 8.78 Å². The lowest BCUT2D eigenvalue weighted by Gasteiger charge is -2.12. The summed E-state index contributed by atoms with van der Waals surface area (Å²) in [4.78, 5) is 11.9. The Morgan fingerprint density at radius 2 is 1.88 bits per heavy atom. The molecule has 0 fully saturated rings. The van der Waals surface area contributed by atoms with Crippen molar-refractivity contribution in [3.8, 4) is 0 Å². The molecule has 1 aromatic carbocycles. The summed E-state index contributed by atoms with van der Waals surface area (Å²) in [6, 6.07) is 3.28. The van der Waals surface area contributed by atoms with Crippen LogP contribution in [-0.4, -0.2) is 16.8 Å². The average Bonchev–Trinajstić information content (AvgIpc) is 2.28. The number of carbonyl (C=O) groups is 1. The number of rotatable bonds is 5. The zero-order valence-electron chi connectivity index (χ0n) is 10.2. The van der Waals surface area contributed by atoms with E-state index in [4.69, 9.17) is 0 Å². The zero-order valence-corrected chi connectivity index (χ0v) is 11.0. The summed E-state index contributed by atoms with van der Waals surface area (Å²) < 4.78 is 25.7. The van der Waals surface area contributed by atoms with Crippen LogP contribution in [0, 0.1) is 17.6 Å². The summed E-state index contributed by atoms with van der Waals surface area (Å²) in [7, 11) is 0. The molecular weight excluding hydrogens is 242 g/mol. The maximum atomic E-state index is 13.0. The maximum absolute atomic E-state index is 13.0. The molecule has 0 aromatic heterocycles. The van der Waals surface area contributed by atoms with Crippen molar-refractivity contribution < 1.29 is 13.6 Å². The molecule has 1 unspecified atom stereocenters. The van der Waals surface area contributed by atoms with Crippen LogP contribution in [0.5, 0.6) is 0 Å². The molecule has 1 rings (SSSR count). The van der Waals surface area contributed by atoms with Crippen molar-refractivity contribution in [2.24, 2.45) is 5.92 Å². The van der Waals surface area contributed by atoms with Crippen molar-refractivity contribution >= 4 is 17.5 Å². The third-order valence-electron chi connectivity index (χ3n) is 2.25. The number of halogens is 2. The van der Waals surface area contributed by atoms with Crippen LogP contribution in [0.2, 0.25) is 0 Å². The van der Waals surface area contributed by atoms with E-state index in [0.717, 1.165) is 17.9 Å². The van der Waals surface area contributed by atoms with Crippen LogP contribution < -0.4 is 0 Å². The first kappa shape index (κ1) is 14.2. The third-order valence-corrected chi connectivity index (χ3v) is 3.83. The van der Waals surface area contributed by atoms with Crippen LogP contribution in [0.4, 0.5) is 8.78 Å². The van der Waals surface area contributed by atoms with Crippen molar-refractivity contribution in [1.29, 1.82) is 0 Å². The van der Waals surface area contributed by atoms with Gasteiger partial charge in [-0.1, -0.05) is 13.8 Å². The zero-order chi connectivity index (χ0) is 13.0. The molecule has 0 heterocycles. The highest BCUT2D eigenvalue weighted by Gasteiger charge is 2.17. The molecule has 1 atom stereocenters. The van der Waals surface area contributed by atoms with E-state index in [1.807, 2.05) is 0 Å². The second-order valence-electron chi connectivity index (χ2n) is 4.36. The average molecular weight is 258 g/mol. The van der Waals surface area contributed by atoms with Crippen LogP contribution in [0.25, 0.3) is 0 Å². The van der Waals surface area contributed by atoms with Crippen molar-refractivity contribution in [3.05, 3.63) is 35.4 Å². The van der Waals surface area contributed by atoms with Gasteiger partial charge in [-0.2, -0.15) is 11.8 Å². The lowest BCUT2D eigenvalue weighted by molar-refractivity contribution is 0.0993. The molecule has 1 aromatic rings. The first-order valence-corrected chi connectivity index (χ1v) is 6.57. The summed E-state index contributed by atoms with van der Waals surface area (Å²) in [5.41, 5.74) is 0.229. The highest BCUT2D eigenvalue weighted by Crippen LogP contribution is 2.20. The lowest BCUT2D eigenvalue weighted by Crippen LogP contribution is -2.15. The van der Waals surface area contributed by atoms with E-state index < -0.39 is 11.6 Å². The number of benzene rings is 1. The molecule has 0 aliphatic carbocycles. The van der Waals surface area contributed by atoms with Gasteiger partial charge >= 0.3 is 0 Å². The Hall–Kier alpha value is -0.900. The molecule has 17 heavy (non-hydrogen) atoms. The van der Waals surface area contributed by atoms with Gasteiger partial charge in [0.1, 0.15) is 0 Å². The fourth-order valence-electron chi connectivity index (χ4n) is 1.30. The van der Waals surface area contributed by atoms with Gasteiger partial charge in [-0.15, -0.1) is 0 Å². The van der Waals surface area contributed by atoms with Gasteiger partial charge < -0.3 is 0 Å². The van der Waals surface area contributed by atoms with E-state index in [-0.39, 0.29) is 16.6 Å². The fourth-order valence-corrected chi connectivity index (χ4v) is 2.26. The van der Waals surface area contributed by atoms with Crippen LogP contribution in [0.1, 0.15) is 31.1 Å². The normalized spacial score (nSPS) is 12.8. The Labute approximate surface area is 105 Å². The molecule has 0 N–H and O–H groups in total. The number of thioether (sulfide) groups is 1. The van der Waals surface area contributed by atoms with Crippen LogP contribution >= 0.6 is 11.8 Å². The van der Waals surface area contributed by atoms with E-state index in [0.29, 0.717) is 5.92 Å². The molecule has 1 nitrogen and oxygen atoms in total. The molecule has 0 saturated heterocycles. The van der Waals surface area contributed by atoms with Gasteiger partial charge in [-0.3, -0.25) is 4.79 Å². The topological polar surface area (TPSA) is 17.1 Å². The summed E-state index contributed by atoms with van der Waals surface area (Å²) in [5, 5.41) is -0.234. The van der Waals surface area contributed by atoms with Crippen LogP contribution in [0.3, 0.4) is 0 Å². The number of carbonyl (C=O) groups excluding carboxylic acids is 1. The minimum absolute atomic E-state index is 0.158. The van der Waals surface area contributed by atoms with Crippen molar-refractivity contribution in [3.63, 3.8) is 0 Å². The highest BCUT2D eigenvalue weighted by molar-refractivity contribution is 8.00. The van der Waals surface area contributed by atoms with Gasteiger partial charge in [0.15, 0.2) is 17.4 Å². The molecule has 0 aliphatic rings. The Balaban J connectivity index is 2.71. The van der Waals surface area contributed by atoms with E-state index in [2.05, 4.69) is 13.8 Å². The molecule has 0 radical (unpaired) electrons. The predicted molar refractivity (Wildman–Crippen MR) is 67.4 cm³/mol. The summed E-state index contributed by atoms with van der Waals surface area (Å²) in [6.07, 6.45) is 0. The smallest absolute Gasteiger partial charge is 0.175 e. The minimum Gasteiger partial charge on any atom is -0.293 e. The van der Waals surface area contributed by atoms with E-state index in [1.54, 1.807) is 6.92 Å². The Kier molecular flexibility index (Phi) is 5.12. The molecule has 4 heteroatoms. The molecular formula is C13H16F2OS. The Morgan fingerprint density at radius 3 is 2.41 bits per heavy atom. The van der Waals surface area contributed by atoms with Gasteiger partial charge in [0.2, 0.25) is 0 Å². The van der Waals surface area contributed by atoms with E-state index in [1.165, 1.54) is 17.8 Å². The molecule has 94 valence electrons. The second-order valence-corrected chi connectivity index (χ2v) is 5.74. The van der Waals surface area contributed by atoms with Crippen molar-refractivity contribution in [2.45, 2.75) is 26.0 Å². The number of hydrogen-bond donors (Lipinski definition) is 0. The number of ketones is 1. The van der Waals surface area contributed by atoms with E-state index >= 15 is 0 Å². The van der Waals surface area contributed by atoms with Crippen molar-refractivity contribution in [2.75, 3.05) is 5.75 Å². The second kappa shape index (κ2) is 6.15. The third kappa shape index (κ3) is 4.11. The summed E-state index contributed by atoms with van der Waals surface area (Å²) in [5.74, 6) is -0.688. The summed E-state index contributed by atoms with van der Waals surface area (Å²) in [6.45, 7) is 5.93. The van der Waals surface area contributed by atoms with Gasteiger partial charge in [0.05, 0.1) is 5.25 Å². The Morgan fingerprint density at radius 1 is 1.24 bits per heavy atom. The van der Waals surface area contributed by atoms with Gasteiger partial charge in [0.25, 0.3) is 0 Å². The molecule has 0 aliphatic heterocycles. The van der Waals surface area contributed by atoms with Crippen LogP contribution in [-0.2, 0) is 0 Å². The first-order valence-electron chi connectivity index (χ1n) is 5.52. The van der Waals surface area contributed by atoms with Gasteiger partial charge in [-0.05, 0) is 36.8 Å². The Bertz CT molecular complexity index is 404.